The lowest BCUT2D eigenvalue weighted by Gasteiger charge is -2.54. The Morgan fingerprint density at radius 3 is 2.74 bits per heavy atom. The van der Waals surface area contributed by atoms with E-state index in [4.69, 9.17) is 4.74 Å². The molecule has 0 unspecified atom stereocenters. The Labute approximate surface area is 138 Å². The summed E-state index contributed by atoms with van der Waals surface area (Å²) in [7, 11) is 1.68. The minimum Gasteiger partial charge on any atom is -0.497 e. The lowest BCUT2D eigenvalue weighted by Crippen LogP contribution is -2.53. The Bertz CT molecular complexity index is 652. The molecule has 3 heteroatoms. The van der Waals surface area contributed by atoms with E-state index >= 15 is 0 Å². The number of methoxy groups -OCH3 is 1. The highest BCUT2D eigenvalue weighted by atomic mass is 16.5. The first kappa shape index (κ1) is 15.2. The van der Waals surface area contributed by atoms with E-state index in [1.54, 1.807) is 7.11 Å². The van der Waals surface area contributed by atoms with Gasteiger partial charge >= 0.3 is 0 Å². The van der Waals surface area contributed by atoms with Crippen LogP contribution in [0, 0.1) is 17.3 Å². The average molecular weight is 314 g/mol. The van der Waals surface area contributed by atoms with E-state index in [9.17, 15) is 9.90 Å². The molecule has 1 aromatic rings. The van der Waals surface area contributed by atoms with Crippen molar-refractivity contribution in [3.05, 3.63) is 29.3 Å². The van der Waals surface area contributed by atoms with Crippen molar-refractivity contribution in [2.45, 2.75) is 57.5 Å². The molecule has 2 saturated carbocycles. The van der Waals surface area contributed by atoms with E-state index in [-0.39, 0.29) is 11.3 Å². The van der Waals surface area contributed by atoms with Crippen LogP contribution in [0.1, 0.15) is 56.6 Å². The summed E-state index contributed by atoms with van der Waals surface area (Å²) in [5, 5.41) is 11.6. The lowest BCUT2D eigenvalue weighted by atomic mass is 9.52. The fraction of sp³-hybridized carbons (Fsp3) is 0.650. The summed E-state index contributed by atoms with van der Waals surface area (Å²) in [6, 6.07) is 6.09. The molecule has 1 aromatic carbocycles. The Morgan fingerprint density at radius 1 is 1.22 bits per heavy atom. The maximum Gasteiger partial charge on any atom is 0.139 e. The standard InChI is InChI=1S/C20H26O3/c1-3-19-10-11-20(22)15-7-5-14(23-2)12-13(15)4-6-17(20)16(19)8-9-18(19)21/h5,7,12,16-17,22H,3-4,6,8-11H2,1-2H3/t16-,17+,19-,20-/m0/s1. The molecule has 0 saturated heterocycles. The van der Waals surface area contributed by atoms with E-state index in [1.807, 2.05) is 6.07 Å². The predicted molar refractivity (Wildman–Crippen MR) is 88.4 cm³/mol. The summed E-state index contributed by atoms with van der Waals surface area (Å²) in [6.45, 7) is 2.15. The van der Waals surface area contributed by atoms with Crippen molar-refractivity contribution in [1.82, 2.24) is 0 Å². The number of benzene rings is 1. The third-order valence-corrected chi connectivity index (χ3v) is 7.13. The Hall–Kier alpha value is -1.35. The number of carbonyl (C=O) groups is 1. The molecule has 23 heavy (non-hydrogen) atoms. The van der Waals surface area contributed by atoms with Crippen LogP contribution in [0.2, 0.25) is 0 Å². The van der Waals surface area contributed by atoms with Crippen molar-refractivity contribution in [2.75, 3.05) is 7.11 Å². The second kappa shape index (κ2) is 5.07. The van der Waals surface area contributed by atoms with Gasteiger partial charge in [0.2, 0.25) is 0 Å². The second-order valence-corrected chi connectivity index (χ2v) is 7.67. The topological polar surface area (TPSA) is 46.5 Å². The first-order valence-corrected chi connectivity index (χ1v) is 8.98. The quantitative estimate of drug-likeness (QED) is 0.907. The van der Waals surface area contributed by atoms with E-state index in [1.165, 1.54) is 5.56 Å². The number of hydrogen-bond acceptors (Lipinski definition) is 3. The molecule has 0 spiro atoms. The molecule has 0 aliphatic heterocycles. The van der Waals surface area contributed by atoms with Gasteiger partial charge in [-0.2, -0.15) is 0 Å². The zero-order valence-corrected chi connectivity index (χ0v) is 14.1. The van der Waals surface area contributed by atoms with E-state index in [0.29, 0.717) is 24.5 Å². The van der Waals surface area contributed by atoms with Crippen LogP contribution >= 0.6 is 0 Å². The van der Waals surface area contributed by atoms with Gasteiger partial charge in [0.1, 0.15) is 11.5 Å². The Balaban J connectivity index is 1.77. The van der Waals surface area contributed by atoms with Gasteiger partial charge in [0.05, 0.1) is 12.7 Å². The fourth-order valence-electron chi connectivity index (χ4n) is 5.91. The van der Waals surface area contributed by atoms with E-state index in [0.717, 1.165) is 43.4 Å². The molecule has 4 rings (SSSR count). The van der Waals surface area contributed by atoms with Crippen molar-refractivity contribution in [3.8, 4) is 5.75 Å². The Morgan fingerprint density at radius 2 is 2.00 bits per heavy atom. The molecule has 1 N–H and O–H groups in total. The van der Waals surface area contributed by atoms with Gasteiger partial charge in [-0.1, -0.05) is 13.0 Å². The molecule has 0 bridgehead atoms. The SMILES string of the molecule is CC[C@]12CC[C@]3(O)c4ccc(OC)cc4CC[C@@H]3[C@@H]1CCC2=O. The van der Waals surface area contributed by atoms with Gasteiger partial charge in [-0.25, -0.2) is 0 Å². The number of aliphatic hydroxyl groups is 1. The molecule has 124 valence electrons. The lowest BCUT2D eigenvalue weighted by molar-refractivity contribution is -0.150. The third-order valence-electron chi connectivity index (χ3n) is 7.13. The average Bonchev–Trinajstić information content (AvgIpc) is 2.91. The molecule has 0 aromatic heterocycles. The van der Waals surface area contributed by atoms with Crippen molar-refractivity contribution < 1.29 is 14.6 Å². The molecule has 3 nitrogen and oxygen atoms in total. The van der Waals surface area contributed by atoms with Gasteiger partial charge in [-0.05, 0) is 73.6 Å². The van der Waals surface area contributed by atoms with Crippen molar-refractivity contribution >= 4 is 5.78 Å². The maximum absolute atomic E-state index is 12.6. The fourth-order valence-corrected chi connectivity index (χ4v) is 5.91. The molecule has 3 aliphatic carbocycles. The second-order valence-electron chi connectivity index (χ2n) is 7.67. The first-order chi connectivity index (χ1) is 11.0. The van der Waals surface area contributed by atoms with Crippen LogP contribution in [0.5, 0.6) is 5.75 Å². The van der Waals surface area contributed by atoms with Crippen molar-refractivity contribution in [1.29, 1.82) is 0 Å². The van der Waals surface area contributed by atoms with Gasteiger partial charge in [-0.3, -0.25) is 4.79 Å². The number of ether oxygens (including phenoxy) is 1. The largest absolute Gasteiger partial charge is 0.497 e. The number of Topliss-reactive ketones (excluding diaryl/α,β-unsaturated/α-hetero) is 1. The summed E-state index contributed by atoms with van der Waals surface area (Å²) in [4.78, 5) is 12.6. The molecule has 0 amide bonds. The van der Waals surface area contributed by atoms with Crippen molar-refractivity contribution in [2.24, 2.45) is 17.3 Å². The van der Waals surface area contributed by atoms with Gasteiger partial charge in [-0.15, -0.1) is 0 Å². The minimum absolute atomic E-state index is 0.152. The molecule has 3 aliphatic rings. The van der Waals surface area contributed by atoms with Crippen molar-refractivity contribution in [3.63, 3.8) is 0 Å². The zero-order chi connectivity index (χ0) is 16.2. The van der Waals surface area contributed by atoms with E-state index < -0.39 is 5.60 Å². The van der Waals surface area contributed by atoms with Gasteiger partial charge in [0.25, 0.3) is 0 Å². The summed E-state index contributed by atoms with van der Waals surface area (Å²) >= 11 is 0. The highest BCUT2D eigenvalue weighted by molar-refractivity contribution is 5.87. The van der Waals surface area contributed by atoms with Crippen LogP contribution in [0.15, 0.2) is 18.2 Å². The number of fused-ring (bicyclic) bond motifs is 5. The van der Waals surface area contributed by atoms with Crippen LogP contribution in [-0.2, 0) is 16.8 Å². The minimum atomic E-state index is -0.756. The molecule has 0 radical (unpaired) electrons. The smallest absolute Gasteiger partial charge is 0.139 e. The third kappa shape index (κ3) is 1.89. The summed E-state index contributed by atoms with van der Waals surface area (Å²) in [6.07, 6.45) is 6.11. The molecular formula is C20H26O3. The molecule has 0 heterocycles. The monoisotopic (exact) mass is 314 g/mol. The number of ketones is 1. The number of aryl methyl sites for hydroxylation is 1. The maximum atomic E-state index is 12.6. The normalized spacial score (nSPS) is 38.7. The Kier molecular flexibility index (Phi) is 3.35. The summed E-state index contributed by atoms with van der Waals surface area (Å²) in [5.41, 5.74) is 1.39. The predicted octanol–water partition coefficient (Wildman–Crippen LogP) is 3.61. The molecule has 2 fully saturated rings. The van der Waals surface area contributed by atoms with Crippen LogP contribution in [-0.4, -0.2) is 18.0 Å². The van der Waals surface area contributed by atoms with E-state index in [2.05, 4.69) is 19.1 Å². The molecule has 4 atom stereocenters. The van der Waals surface area contributed by atoms with Gasteiger partial charge in [0.15, 0.2) is 0 Å². The zero-order valence-electron chi connectivity index (χ0n) is 14.1. The number of hydrogen-bond donors (Lipinski definition) is 1. The van der Waals surface area contributed by atoms with Crippen LogP contribution in [0.25, 0.3) is 0 Å². The highest BCUT2D eigenvalue weighted by Crippen LogP contribution is 2.62. The number of carbonyl (C=O) groups excluding carboxylic acids is 1. The van der Waals surface area contributed by atoms with Crippen LogP contribution in [0.4, 0.5) is 0 Å². The molecular weight excluding hydrogens is 288 g/mol. The van der Waals surface area contributed by atoms with Crippen LogP contribution < -0.4 is 4.74 Å². The number of rotatable bonds is 2. The van der Waals surface area contributed by atoms with Crippen LogP contribution in [0.3, 0.4) is 0 Å². The summed E-state index contributed by atoms with van der Waals surface area (Å²) < 4.78 is 5.34. The highest BCUT2D eigenvalue weighted by Gasteiger charge is 2.61. The summed E-state index contributed by atoms with van der Waals surface area (Å²) in [5.74, 6) is 1.89. The van der Waals surface area contributed by atoms with Gasteiger partial charge < -0.3 is 9.84 Å². The first-order valence-electron chi connectivity index (χ1n) is 8.98. The van der Waals surface area contributed by atoms with Gasteiger partial charge in [0, 0.05) is 11.8 Å².